The third kappa shape index (κ3) is 36.5. The van der Waals surface area contributed by atoms with Gasteiger partial charge in [0.1, 0.15) is 104 Å². The van der Waals surface area contributed by atoms with Gasteiger partial charge in [0.15, 0.2) is 11.3 Å². The maximum atomic E-state index is 12.2. The van der Waals surface area contributed by atoms with Gasteiger partial charge in [0, 0.05) is 97.2 Å². The van der Waals surface area contributed by atoms with Gasteiger partial charge >= 0.3 is 29.1 Å². The van der Waals surface area contributed by atoms with Crippen molar-refractivity contribution in [2.24, 2.45) is 0 Å². The van der Waals surface area contributed by atoms with Gasteiger partial charge in [-0.1, -0.05) is 40.5 Å². The molecule has 0 aromatic carbocycles. The molecule has 143 heavy (non-hydrogen) atoms. The van der Waals surface area contributed by atoms with Crippen LogP contribution in [0.1, 0.15) is 114 Å². The number of hydrogen-bond acceptors (Lipinski definition) is 30. The van der Waals surface area contributed by atoms with Crippen LogP contribution in [0.2, 0.25) is 0 Å². The zero-order valence-corrected chi connectivity index (χ0v) is 92.1. The molecule has 41 nitrogen and oxygen atoms in total. The number of carbonyl (C=O) groups is 2. The summed E-state index contributed by atoms with van der Waals surface area (Å²) >= 11 is 5.14. The van der Waals surface area contributed by atoms with E-state index in [0.29, 0.717) is 89.6 Å². The first kappa shape index (κ1) is 124. The van der Waals surface area contributed by atoms with Gasteiger partial charge in [0.25, 0.3) is 16.7 Å². The molecule has 4 amide bonds. The molecule has 0 radical (unpaired) electrons. The Labute approximate surface area is 844 Å². The molecule has 22 N–H and O–H groups in total. The SMILES string of the molecule is C=C1NC(=O)N(C)C=C1[C@@H]1O[C@H](CCP(=C)(C)C)[C@@H](O)[C@H]1O.C=C1NC(=O)NC=C1[C@@H]1O[C@H](CCP(=C)(C)C)[C@@H](O)[C@H]1O.C=C1NC(=S)N(C)C=C1[C@@H]1O[C@H](CCP(=C)(C)C)[C@@H](O)[C@H]1O.C=P(C)(C)CC[C@H]1O[C@@H](c2cn(CNCCC)c(=O)[nH]c2=O)[C@H](O)[C@@H]1O.C=P(C)(C)CC[C@H]1O[C@@H](c2cn(CNCCC)c(=O)[nH]c2=O)[C@H](O)[C@@H]1O.C=P(C)(C)CC[C@H]1O[C@@H](n2cc(CNCCC)c(=O)[nH]c2=O)[C@H](O)[C@@H]1O. The molecule has 9 aliphatic heterocycles. The molecule has 6 fully saturated rings. The molecule has 3 aromatic rings. The highest BCUT2D eigenvalue weighted by atomic mass is 32.1. The van der Waals surface area contributed by atoms with Gasteiger partial charge in [0.2, 0.25) is 0 Å². The molecule has 48 heteroatoms. The lowest BCUT2D eigenvalue weighted by atomic mass is 9.99. The van der Waals surface area contributed by atoms with Crippen LogP contribution in [0, 0.1) is 0 Å². The molecule has 0 bridgehead atoms. The van der Waals surface area contributed by atoms with E-state index in [1.807, 2.05) is 27.8 Å². The highest BCUT2D eigenvalue weighted by molar-refractivity contribution is 7.80. The number of thiocarbonyl (C=S) groups is 1. The summed E-state index contributed by atoms with van der Waals surface area (Å²) in [5.74, 6) is 0. The summed E-state index contributed by atoms with van der Waals surface area (Å²) in [6, 6.07) is -0.668. The quantitative estimate of drug-likeness (QED) is 0.0219. The molecule has 0 aliphatic carbocycles. The highest BCUT2D eigenvalue weighted by Crippen LogP contribution is 2.46. The van der Waals surface area contributed by atoms with E-state index in [1.54, 1.807) is 24.3 Å². The number of hydrogen-bond donors (Lipinski definition) is 22. The monoisotopic (exact) mass is 2150 g/mol. The lowest BCUT2D eigenvalue weighted by Gasteiger charge is -2.30. The van der Waals surface area contributed by atoms with Crippen LogP contribution < -0.4 is 71.0 Å². The van der Waals surface area contributed by atoms with E-state index < -0.39 is 216 Å². The molecule has 0 unspecified atom stereocenters. The fourth-order valence-corrected chi connectivity index (χ4v) is 22.4. The first-order valence-corrected chi connectivity index (χ1v) is 66.7. The Balaban J connectivity index is 0.000000233. The van der Waals surface area contributed by atoms with Crippen molar-refractivity contribution >= 4 is 109 Å². The fourth-order valence-electron chi connectivity index (χ4n) is 16.5. The largest absolute Gasteiger partial charge is 0.388 e. The predicted molar refractivity (Wildman–Crippen MR) is 585 cm³/mol. The van der Waals surface area contributed by atoms with Crippen LogP contribution in [0.25, 0.3) is 0 Å². The number of nitrogens with one attached hydrogen (secondary N) is 10. The fraction of sp³-hybridized carbons (Fsp3) is 0.653. The number of nitrogens with zero attached hydrogens (tertiary/aromatic N) is 5. The number of urea groups is 2. The van der Waals surface area contributed by atoms with Crippen LogP contribution in [-0.4, -0.2) is 434 Å². The van der Waals surface area contributed by atoms with Gasteiger partial charge in [-0.15, -0.1) is 79.1 Å². The van der Waals surface area contributed by atoms with Gasteiger partial charge in [0.05, 0.1) is 61.1 Å². The number of rotatable bonds is 36. The standard InChI is InChI=1S/3C17H30N3O5P.C15H25N2O4P.C15H25N2O3PS.C14H23N2O4P/c2*1-5-7-18-10-20-9-11(16(23)19-17(20)24)15-14(22)13(21)12(25-15)6-8-26(2,3)4;1-5-7-18-9-11-10-20(17(24)19-15(11)23)16-14(22)13(21)12(25-16)6-8-26(2,3)4;1-9-10(8-17(2)15(20)16-9)14-13(19)12(18)11(21-14)6-7-22(3,4)5;1-9-10(8-17(2)15(22)16-9)14-13(19)12(18)11(20-14)6-7-21(3,4)5;1-8-9(7-15-14(19)16-8)13-12(18)11(17)10(20-13)5-6-21(2,3)4/h2*9,12-15,18,21-22H,2,5-8,10H2,1,3-4H3,(H,19,23,24);10,12-14,16,18,21-22H,2,5-9H2,1,3-4H3,(H,19,23,24);8,11-14,18-19H,1,3,6-7H2,2,4-5H3,(H,16,20);8,11-14,18-19H,1,3,6-7H2,2,4-5H3,(H,16,22);7,10-13,17-18H,1-2,5-6H2,3-4H3,(H2,15,16,19)/t2*12-,13-,14-,15+;12-,13-,14-,16-;2*11-,12-,13-,14+;10-,11-,12-,13+/m111111/s1. The van der Waals surface area contributed by atoms with E-state index in [4.69, 9.17) is 40.6 Å². The highest BCUT2D eigenvalue weighted by Gasteiger charge is 2.51. The van der Waals surface area contributed by atoms with Crippen LogP contribution in [0.15, 0.2) is 120 Å². The first-order chi connectivity index (χ1) is 66.3. The van der Waals surface area contributed by atoms with Gasteiger partial charge in [-0.3, -0.25) is 53.7 Å². The van der Waals surface area contributed by atoms with E-state index in [9.17, 15) is 99.6 Å². The Morgan fingerprint density at radius 2 is 0.671 bits per heavy atom. The maximum absolute atomic E-state index is 12.2. The number of amides is 4. The zero-order chi connectivity index (χ0) is 108. The lowest BCUT2D eigenvalue weighted by Crippen LogP contribution is -2.42. The summed E-state index contributed by atoms with van der Waals surface area (Å²) < 4.78 is 38.8. The second-order valence-corrected chi connectivity index (χ2v) is 68.2. The molecule has 3 aromatic heterocycles. The number of aliphatic hydroxyl groups is 12. The second kappa shape index (κ2) is 53.9. The zero-order valence-electron chi connectivity index (χ0n) is 85.9. The minimum atomic E-state index is -1.29. The summed E-state index contributed by atoms with van der Waals surface area (Å²) in [6.45, 7) is 38.3. The van der Waals surface area contributed by atoms with E-state index in [2.05, 4.69) is 190 Å². The third-order valence-electron chi connectivity index (χ3n) is 24.8. The summed E-state index contributed by atoms with van der Waals surface area (Å²) in [6.07, 6.45) is 24.7. The van der Waals surface area contributed by atoms with Crippen molar-refractivity contribution in [3.05, 3.63) is 170 Å². The predicted octanol–water partition coefficient (Wildman–Crippen LogP) is 0.969. The Kier molecular flexibility index (Phi) is 46.6. The Morgan fingerprint density at radius 3 is 1.02 bits per heavy atom. The van der Waals surface area contributed by atoms with Crippen LogP contribution >= 0.6 is 53.5 Å². The summed E-state index contributed by atoms with van der Waals surface area (Å²) in [5, 5.41) is 144. The smallest absolute Gasteiger partial charge is 0.330 e. The number of aliphatic hydroxyl groups excluding tert-OH is 12. The summed E-state index contributed by atoms with van der Waals surface area (Å²) in [5.41, 5.74) is 0.451. The van der Waals surface area contributed by atoms with Crippen LogP contribution in [0.5, 0.6) is 0 Å². The van der Waals surface area contributed by atoms with E-state index in [-0.39, 0.29) is 42.6 Å². The number of ether oxygens (including phenoxy) is 6. The van der Waals surface area contributed by atoms with Crippen molar-refractivity contribution in [1.82, 2.24) is 75.7 Å². The maximum Gasteiger partial charge on any atom is 0.330 e. The second-order valence-electron chi connectivity index (χ2n) is 41.9. The average Bonchev–Trinajstić information content (AvgIpc) is 1.67. The molecule has 12 rings (SSSR count). The molecular weight excluding hydrogens is 1990 g/mol. The third-order valence-corrected chi connectivity index (χ3v) is 34.0. The normalized spacial score (nSPS) is 29.4. The van der Waals surface area contributed by atoms with Gasteiger partial charge in [-0.2, -0.15) is 0 Å². The van der Waals surface area contributed by atoms with Crippen molar-refractivity contribution in [2.45, 2.75) is 245 Å². The van der Waals surface area contributed by atoms with Crippen molar-refractivity contribution in [3.63, 3.8) is 0 Å². The number of aromatic amines is 3. The molecule has 6 saturated heterocycles. The van der Waals surface area contributed by atoms with Crippen molar-refractivity contribution in [2.75, 3.05) is 151 Å². The van der Waals surface area contributed by atoms with Crippen molar-refractivity contribution in [3.8, 4) is 0 Å². The summed E-state index contributed by atoms with van der Waals surface area (Å²) in [7, 11) is 3.42. The van der Waals surface area contributed by atoms with Crippen LogP contribution in [-0.2, 0) is 48.3 Å². The Hall–Kier alpha value is -6.33. The lowest BCUT2D eigenvalue weighted by molar-refractivity contribution is -0.0404. The van der Waals surface area contributed by atoms with Gasteiger partial charge < -0.3 is 126 Å². The Morgan fingerprint density at radius 1 is 0.371 bits per heavy atom. The molecule has 12 heterocycles. The topological polar surface area (TPSA) is 588 Å². The molecular formula is C95H163N15O26P6S. The van der Waals surface area contributed by atoms with Crippen LogP contribution in [0.4, 0.5) is 9.59 Å². The minimum absolute atomic E-state index is 0.139. The molecule has 24 atom stereocenters. The molecule has 0 spiro atoms. The first-order valence-electron chi connectivity index (χ1n) is 47.9. The van der Waals surface area contributed by atoms with E-state index in [0.717, 1.165) is 80.4 Å². The van der Waals surface area contributed by atoms with Gasteiger partial charge in [-0.25, -0.2) is 24.0 Å². The number of carbonyl (C=O) groups excluding carboxylic acids is 2. The van der Waals surface area contributed by atoms with Crippen molar-refractivity contribution < 1.29 is 99.3 Å². The average molecular weight is 2150 g/mol. The summed E-state index contributed by atoms with van der Waals surface area (Å²) in [4.78, 5) is 105. The Bertz CT molecular complexity index is 5280. The molecule has 810 valence electrons. The minimum Gasteiger partial charge on any atom is -0.388 e. The van der Waals surface area contributed by atoms with E-state index >= 15 is 0 Å². The van der Waals surface area contributed by atoms with Gasteiger partial charge in [-0.05, 0) is 207 Å². The molecule has 0 saturated carbocycles. The molecule has 9 aliphatic rings. The number of aromatic nitrogens is 6. The van der Waals surface area contributed by atoms with E-state index in [1.165, 1.54) is 38.8 Å². The van der Waals surface area contributed by atoms with Crippen molar-refractivity contribution in [1.29, 1.82) is 0 Å². The van der Waals surface area contributed by atoms with Crippen LogP contribution in [0.3, 0.4) is 0 Å². The number of H-pyrrole nitrogens is 3.